The molecule has 0 bridgehead atoms. The van der Waals surface area contributed by atoms with Gasteiger partial charge in [-0.25, -0.2) is 4.99 Å². The number of hydrogen-bond donors (Lipinski definition) is 0. The molecule has 0 radical (unpaired) electrons. The van der Waals surface area contributed by atoms with Crippen LogP contribution >= 0.6 is 11.8 Å². The fourth-order valence-corrected chi connectivity index (χ4v) is 1.93. The summed E-state index contributed by atoms with van der Waals surface area (Å²) in [6.45, 7) is 4.08. The van der Waals surface area contributed by atoms with E-state index >= 15 is 0 Å². The zero-order valence-electron chi connectivity index (χ0n) is 9.86. The molecule has 0 N–H and O–H groups in total. The largest absolute Gasteiger partial charge is 0.363 e. The van der Waals surface area contributed by atoms with Gasteiger partial charge in [0.1, 0.15) is 11.8 Å². The first-order chi connectivity index (χ1) is 7.74. The maximum Gasteiger partial charge on any atom is 0.138 e. The molecule has 1 heterocycles. The predicted molar refractivity (Wildman–Crippen MR) is 70.8 cm³/mol. The van der Waals surface area contributed by atoms with Crippen LogP contribution in [-0.4, -0.2) is 29.7 Å². The average Bonchev–Trinajstić information content (AvgIpc) is 2.71. The highest BCUT2D eigenvalue weighted by Gasteiger charge is 2.10. The molecule has 0 saturated carbocycles. The Bertz CT molecular complexity index is 428. The molecular weight excluding hydrogens is 220 g/mol. The first kappa shape index (κ1) is 12.8. The number of ether oxygens (including phenoxy) is 1. The van der Waals surface area contributed by atoms with E-state index in [-0.39, 0.29) is 0 Å². The molecule has 3 nitrogen and oxygen atoms in total. The van der Waals surface area contributed by atoms with Gasteiger partial charge >= 0.3 is 0 Å². The fourth-order valence-electron chi connectivity index (χ4n) is 1.37. The van der Waals surface area contributed by atoms with Gasteiger partial charge in [-0.05, 0) is 18.4 Å². The molecule has 1 aromatic heterocycles. The minimum atomic E-state index is 0.353. The number of hydrogen-bond acceptors (Lipinski definition) is 3. The minimum absolute atomic E-state index is 0.353. The molecule has 0 fully saturated rings. The highest BCUT2D eigenvalue weighted by atomic mass is 32.2. The first-order valence-corrected chi connectivity index (χ1v) is 6.06. The second kappa shape index (κ2) is 6.38. The summed E-state index contributed by atoms with van der Waals surface area (Å²) in [4.78, 5) is 4.33. The summed E-state index contributed by atoms with van der Waals surface area (Å²) < 4.78 is 6.97. The molecule has 0 unspecified atom stereocenters. The van der Waals surface area contributed by atoms with Gasteiger partial charge < -0.3 is 9.30 Å². The van der Waals surface area contributed by atoms with Crippen molar-refractivity contribution in [3.05, 3.63) is 36.3 Å². The molecule has 16 heavy (non-hydrogen) atoms. The van der Waals surface area contributed by atoms with Crippen LogP contribution in [0.3, 0.4) is 0 Å². The standard InChI is InChI=1S/C12H16N2OS/c1-5-10(11-7-6-8-14(11)2)12(16-4)13-9-15-3/h6-8H,1,9H2,2-4H3. The number of aryl methyl sites for hydroxylation is 1. The number of methoxy groups -OCH3 is 1. The fraction of sp³-hybridized carbons (Fsp3) is 0.333. The Morgan fingerprint density at radius 2 is 2.44 bits per heavy atom. The molecule has 0 amide bonds. The third-order valence-corrected chi connectivity index (χ3v) is 2.84. The van der Waals surface area contributed by atoms with Crippen molar-refractivity contribution in [3.63, 3.8) is 0 Å². The lowest BCUT2D eigenvalue weighted by atomic mass is 10.2. The van der Waals surface area contributed by atoms with Crippen LogP contribution in [0.2, 0.25) is 0 Å². The molecule has 1 rings (SSSR count). The Morgan fingerprint density at radius 3 is 2.88 bits per heavy atom. The normalized spacial score (nSPS) is 11.3. The molecule has 4 heteroatoms. The van der Waals surface area contributed by atoms with Crippen LogP contribution in [0.5, 0.6) is 0 Å². The molecule has 0 atom stereocenters. The summed E-state index contributed by atoms with van der Waals surface area (Å²) in [7, 11) is 3.61. The number of aliphatic imine (C=N–C) groups is 1. The van der Waals surface area contributed by atoms with Crippen molar-refractivity contribution in [1.82, 2.24) is 4.57 Å². The SMILES string of the molecule is C=C=C(C(=NCOC)SC)c1cccn1C. The zero-order valence-corrected chi connectivity index (χ0v) is 10.7. The van der Waals surface area contributed by atoms with Crippen molar-refractivity contribution in [3.8, 4) is 0 Å². The number of aromatic nitrogens is 1. The second-order valence-corrected chi connectivity index (χ2v) is 3.94. The monoisotopic (exact) mass is 236 g/mol. The maximum absolute atomic E-state index is 4.95. The predicted octanol–water partition coefficient (Wildman–Crippen LogP) is 2.56. The van der Waals surface area contributed by atoms with Crippen molar-refractivity contribution < 1.29 is 4.74 Å². The van der Waals surface area contributed by atoms with Gasteiger partial charge in [0.2, 0.25) is 0 Å². The topological polar surface area (TPSA) is 26.5 Å². The summed E-state index contributed by atoms with van der Waals surface area (Å²) in [5.74, 6) is 0. The lowest BCUT2D eigenvalue weighted by molar-refractivity contribution is 0.209. The maximum atomic E-state index is 4.95. The molecular formula is C12H16N2OS. The Hall–Kier alpha value is -1.22. The number of nitrogens with zero attached hydrogens (tertiary/aromatic N) is 2. The van der Waals surface area contributed by atoms with Crippen molar-refractivity contribution in [2.75, 3.05) is 20.1 Å². The van der Waals surface area contributed by atoms with Crippen molar-refractivity contribution in [2.24, 2.45) is 12.0 Å². The zero-order chi connectivity index (χ0) is 12.0. The van der Waals surface area contributed by atoms with Crippen LogP contribution in [0.4, 0.5) is 0 Å². The number of thioether (sulfide) groups is 1. The third-order valence-electron chi connectivity index (χ3n) is 2.12. The van der Waals surface area contributed by atoms with Crippen LogP contribution in [0.1, 0.15) is 5.69 Å². The van der Waals surface area contributed by atoms with Gasteiger partial charge in [-0.1, -0.05) is 6.58 Å². The molecule has 0 aliphatic heterocycles. The van der Waals surface area contributed by atoms with E-state index in [0.29, 0.717) is 6.73 Å². The summed E-state index contributed by atoms with van der Waals surface area (Å²) >= 11 is 1.57. The number of rotatable bonds is 4. The van der Waals surface area contributed by atoms with E-state index in [1.807, 2.05) is 36.2 Å². The molecule has 0 saturated heterocycles. The van der Waals surface area contributed by atoms with E-state index in [9.17, 15) is 0 Å². The van der Waals surface area contributed by atoms with E-state index < -0.39 is 0 Å². The average molecular weight is 236 g/mol. The summed E-state index contributed by atoms with van der Waals surface area (Å²) in [6.07, 6.45) is 3.97. The molecule has 0 spiro atoms. The van der Waals surface area contributed by atoms with Gasteiger partial charge in [0.05, 0.1) is 11.3 Å². The van der Waals surface area contributed by atoms with Crippen LogP contribution in [0.15, 0.2) is 35.6 Å². The Kier molecular flexibility index (Phi) is 5.12. The summed E-state index contributed by atoms with van der Waals surface area (Å²) in [6, 6.07) is 4.01. The highest BCUT2D eigenvalue weighted by molar-refractivity contribution is 8.14. The molecule has 86 valence electrons. The quantitative estimate of drug-likeness (QED) is 0.456. The van der Waals surface area contributed by atoms with Gasteiger partial charge in [0, 0.05) is 20.4 Å². The lowest BCUT2D eigenvalue weighted by Gasteiger charge is -2.08. The molecule has 0 aromatic carbocycles. The smallest absolute Gasteiger partial charge is 0.138 e. The van der Waals surface area contributed by atoms with E-state index in [4.69, 9.17) is 4.74 Å². The minimum Gasteiger partial charge on any atom is -0.363 e. The van der Waals surface area contributed by atoms with Crippen molar-refractivity contribution in [1.29, 1.82) is 0 Å². The highest BCUT2D eigenvalue weighted by Crippen LogP contribution is 2.20. The van der Waals surface area contributed by atoms with Crippen LogP contribution < -0.4 is 0 Å². The molecule has 0 aliphatic carbocycles. The van der Waals surface area contributed by atoms with Gasteiger partial charge in [-0.2, -0.15) is 0 Å². The van der Waals surface area contributed by atoms with Gasteiger partial charge in [0.25, 0.3) is 0 Å². The van der Waals surface area contributed by atoms with Gasteiger partial charge in [-0.15, -0.1) is 17.5 Å². The van der Waals surface area contributed by atoms with E-state index in [1.54, 1.807) is 18.9 Å². The van der Waals surface area contributed by atoms with Crippen molar-refractivity contribution >= 4 is 22.4 Å². The van der Waals surface area contributed by atoms with Crippen LogP contribution in [0.25, 0.3) is 5.57 Å². The Morgan fingerprint density at radius 1 is 1.69 bits per heavy atom. The summed E-state index contributed by atoms with van der Waals surface area (Å²) in [5, 5.41) is 0.888. The van der Waals surface area contributed by atoms with Gasteiger partial charge in [0.15, 0.2) is 0 Å². The summed E-state index contributed by atoms with van der Waals surface area (Å²) in [5.41, 5.74) is 4.91. The Labute approximate surface area is 101 Å². The molecule has 1 aromatic rings. The Balaban J connectivity index is 3.08. The van der Waals surface area contributed by atoms with Gasteiger partial charge in [-0.3, -0.25) is 0 Å². The third kappa shape index (κ3) is 2.89. The van der Waals surface area contributed by atoms with Crippen LogP contribution in [0, 0.1) is 0 Å². The van der Waals surface area contributed by atoms with E-state index in [1.165, 1.54) is 0 Å². The van der Waals surface area contributed by atoms with Crippen molar-refractivity contribution in [2.45, 2.75) is 0 Å². The van der Waals surface area contributed by atoms with E-state index in [0.717, 1.165) is 16.3 Å². The lowest BCUT2D eigenvalue weighted by Crippen LogP contribution is -2.03. The second-order valence-electron chi connectivity index (χ2n) is 3.14. The first-order valence-electron chi connectivity index (χ1n) is 4.84. The molecule has 0 aliphatic rings. The van der Waals surface area contributed by atoms with E-state index in [2.05, 4.69) is 17.3 Å². The van der Waals surface area contributed by atoms with Crippen LogP contribution in [-0.2, 0) is 11.8 Å².